The van der Waals surface area contributed by atoms with Gasteiger partial charge < -0.3 is 18.9 Å². The van der Waals surface area contributed by atoms with Crippen molar-refractivity contribution >= 4 is 15.8 Å². The van der Waals surface area contributed by atoms with E-state index in [-0.39, 0.29) is 31.0 Å². The van der Waals surface area contributed by atoms with Crippen molar-refractivity contribution < 1.29 is 32.2 Å². The summed E-state index contributed by atoms with van der Waals surface area (Å²) >= 11 is 0. The molecule has 0 radical (unpaired) electrons. The average Bonchev–Trinajstić information content (AvgIpc) is 2.81. The molecule has 34 heavy (non-hydrogen) atoms. The summed E-state index contributed by atoms with van der Waals surface area (Å²) in [5.41, 5.74) is 0.993. The molecule has 8 heteroatoms. The molecule has 0 aromatic heterocycles. The third-order valence-electron chi connectivity index (χ3n) is 5.64. The molecule has 0 bridgehead atoms. The summed E-state index contributed by atoms with van der Waals surface area (Å²) in [6.07, 6.45) is 0.132. The van der Waals surface area contributed by atoms with E-state index in [2.05, 4.69) is 0 Å². The highest BCUT2D eigenvalue weighted by Crippen LogP contribution is 2.38. The van der Waals surface area contributed by atoms with E-state index in [1.54, 1.807) is 45.0 Å². The fraction of sp³-hybridized carbons (Fsp3) is 0.500. The Morgan fingerprint density at radius 1 is 0.941 bits per heavy atom. The Labute approximate surface area is 202 Å². The van der Waals surface area contributed by atoms with E-state index in [1.807, 2.05) is 31.2 Å². The van der Waals surface area contributed by atoms with E-state index in [4.69, 9.17) is 18.9 Å². The summed E-state index contributed by atoms with van der Waals surface area (Å²) < 4.78 is 47.5. The van der Waals surface area contributed by atoms with Crippen LogP contribution in [0, 0.1) is 0 Å². The van der Waals surface area contributed by atoms with Gasteiger partial charge in [0, 0.05) is 32.7 Å². The molecule has 3 rings (SSSR count). The quantitative estimate of drug-likeness (QED) is 0.379. The minimum absolute atomic E-state index is 0.0662. The van der Waals surface area contributed by atoms with Crippen LogP contribution >= 0.6 is 0 Å². The molecule has 2 aromatic rings. The monoisotopic (exact) mass is 490 g/mol. The van der Waals surface area contributed by atoms with Crippen molar-refractivity contribution in [3.63, 3.8) is 0 Å². The summed E-state index contributed by atoms with van der Waals surface area (Å²) in [4.78, 5) is 13.2. The largest absolute Gasteiger partial charge is 0.491 e. The Kier molecular flexibility index (Phi) is 8.38. The first-order valence-corrected chi connectivity index (χ1v) is 13.0. The Hall–Kier alpha value is -2.42. The molecule has 186 valence electrons. The Balaban J connectivity index is 1.81. The first-order valence-electron chi connectivity index (χ1n) is 11.6. The van der Waals surface area contributed by atoms with Crippen LogP contribution in [-0.2, 0) is 28.8 Å². The van der Waals surface area contributed by atoms with Crippen molar-refractivity contribution in [2.75, 3.05) is 33.0 Å². The van der Waals surface area contributed by atoms with E-state index < -0.39 is 26.2 Å². The molecule has 0 atom stereocenters. The Bertz CT molecular complexity index is 1050. The first-order chi connectivity index (χ1) is 16.1. The lowest BCUT2D eigenvalue weighted by molar-refractivity contribution is -0.160. The molecule has 1 heterocycles. The summed E-state index contributed by atoms with van der Waals surface area (Å²) in [6.45, 7) is 9.17. The molecular formula is C26H34O7S. The summed E-state index contributed by atoms with van der Waals surface area (Å²) in [7, 11) is -4.00. The smallest absolute Gasteiger partial charge is 0.328 e. The minimum Gasteiger partial charge on any atom is -0.491 e. The maximum atomic E-state index is 13.7. The molecule has 1 fully saturated rings. The summed E-state index contributed by atoms with van der Waals surface area (Å²) in [5.74, 6) is 0.0220. The van der Waals surface area contributed by atoms with E-state index in [0.29, 0.717) is 19.8 Å². The molecule has 0 N–H and O–H groups in total. The van der Waals surface area contributed by atoms with Crippen LogP contribution in [0.1, 0.15) is 40.5 Å². The highest BCUT2D eigenvalue weighted by Gasteiger charge is 2.54. The van der Waals surface area contributed by atoms with Gasteiger partial charge in [-0.15, -0.1) is 0 Å². The van der Waals surface area contributed by atoms with Crippen LogP contribution in [0.4, 0.5) is 0 Å². The predicted octanol–water partition coefficient (Wildman–Crippen LogP) is 4.43. The standard InChI is InChI=1S/C26H34O7S/c1-5-30-18-19-32-22-10-6-20(7-11-22)21-8-12-23(13-9-21)34(28,29)26(14-16-31-17-15-26)24(27)33-25(2,3)4/h6-13H,5,14-19H2,1-4H3. The van der Waals surface area contributed by atoms with Gasteiger partial charge in [-0.2, -0.15) is 0 Å². The lowest BCUT2D eigenvalue weighted by atomic mass is 9.99. The molecule has 1 aliphatic heterocycles. The van der Waals surface area contributed by atoms with Crippen LogP contribution < -0.4 is 4.74 Å². The van der Waals surface area contributed by atoms with Crippen molar-refractivity contribution in [2.24, 2.45) is 0 Å². The maximum absolute atomic E-state index is 13.7. The van der Waals surface area contributed by atoms with Gasteiger partial charge in [-0.1, -0.05) is 24.3 Å². The van der Waals surface area contributed by atoms with Gasteiger partial charge in [-0.3, -0.25) is 4.79 Å². The van der Waals surface area contributed by atoms with Crippen LogP contribution in [-0.4, -0.2) is 57.8 Å². The van der Waals surface area contributed by atoms with E-state index in [1.165, 1.54) is 0 Å². The highest BCUT2D eigenvalue weighted by molar-refractivity contribution is 7.93. The van der Waals surface area contributed by atoms with Gasteiger partial charge in [0.25, 0.3) is 0 Å². The molecule has 0 saturated carbocycles. The number of ether oxygens (including phenoxy) is 4. The van der Waals surface area contributed by atoms with Gasteiger partial charge >= 0.3 is 5.97 Å². The normalized spacial score (nSPS) is 16.1. The van der Waals surface area contributed by atoms with Gasteiger partial charge in [0.05, 0.1) is 11.5 Å². The van der Waals surface area contributed by atoms with Crippen molar-refractivity contribution in [3.8, 4) is 16.9 Å². The number of carbonyl (C=O) groups excluding carboxylic acids is 1. The molecule has 0 spiro atoms. The van der Waals surface area contributed by atoms with Crippen molar-refractivity contribution in [1.82, 2.24) is 0 Å². The van der Waals surface area contributed by atoms with E-state index >= 15 is 0 Å². The van der Waals surface area contributed by atoms with Crippen LogP contribution in [0.25, 0.3) is 11.1 Å². The van der Waals surface area contributed by atoms with Gasteiger partial charge in [0.2, 0.25) is 0 Å². The fourth-order valence-electron chi connectivity index (χ4n) is 3.81. The van der Waals surface area contributed by atoms with Crippen molar-refractivity contribution in [3.05, 3.63) is 48.5 Å². The number of esters is 1. The number of benzene rings is 2. The zero-order valence-electron chi connectivity index (χ0n) is 20.3. The molecule has 0 unspecified atom stereocenters. The van der Waals surface area contributed by atoms with E-state index in [0.717, 1.165) is 16.9 Å². The molecule has 7 nitrogen and oxygen atoms in total. The summed E-state index contributed by atoms with van der Waals surface area (Å²) in [6, 6.07) is 14.2. The maximum Gasteiger partial charge on any atom is 0.328 e. The van der Waals surface area contributed by atoms with Gasteiger partial charge in [-0.25, -0.2) is 8.42 Å². The molecule has 1 aliphatic rings. The topological polar surface area (TPSA) is 88.1 Å². The fourth-order valence-corrected chi connectivity index (χ4v) is 5.72. The number of hydrogen-bond donors (Lipinski definition) is 0. The second-order valence-corrected chi connectivity index (χ2v) is 11.5. The molecule has 0 amide bonds. The van der Waals surface area contributed by atoms with Crippen LogP contribution in [0.2, 0.25) is 0 Å². The van der Waals surface area contributed by atoms with Crippen LogP contribution in [0.3, 0.4) is 0 Å². The van der Waals surface area contributed by atoms with Crippen molar-refractivity contribution in [2.45, 2.75) is 55.8 Å². The Morgan fingerprint density at radius 2 is 1.50 bits per heavy atom. The molecule has 2 aromatic carbocycles. The Morgan fingerprint density at radius 3 is 2.03 bits per heavy atom. The highest BCUT2D eigenvalue weighted by atomic mass is 32.2. The minimum atomic E-state index is -4.00. The molecule has 0 aliphatic carbocycles. The van der Waals surface area contributed by atoms with Crippen LogP contribution in [0.15, 0.2) is 53.4 Å². The molecular weight excluding hydrogens is 456 g/mol. The number of carbonyl (C=O) groups is 1. The number of rotatable bonds is 9. The van der Waals surface area contributed by atoms with E-state index in [9.17, 15) is 13.2 Å². The van der Waals surface area contributed by atoms with Crippen LogP contribution in [0.5, 0.6) is 5.75 Å². The molecule has 1 saturated heterocycles. The first kappa shape index (κ1) is 26.2. The van der Waals surface area contributed by atoms with Gasteiger partial charge in [-0.05, 0) is 63.1 Å². The zero-order chi connectivity index (χ0) is 24.8. The lowest BCUT2D eigenvalue weighted by Crippen LogP contribution is -2.53. The SMILES string of the molecule is CCOCCOc1ccc(-c2ccc(S(=O)(=O)C3(C(=O)OC(C)(C)C)CCOCC3)cc2)cc1. The summed E-state index contributed by atoms with van der Waals surface area (Å²) in [5, 5.41) is 0. The predicted molar refractivity (Wildman–Crippen MR) is 130 cm³/mol. The average molecular weight is 491 g/mol. The third-order valence-corrected chi connectivity index (χ3v) is 8.14. The van der Waals surface area contributed by atoms with Gasteiger partial charge in [0.1, 0.15) is 18.0 Å². The third kappa shape index (κ3) is 5.98. The van der Waals surface area contributed by atoms with Crippen molar-refractivity contribution in [1.29, 1.82) is 0 Å². The number of hydrogen-bond acceptors (Lipinski definition) is 7. The van der Waals surface area contributed by atoms with Gasteiger partial charge in [0.15, 0.2) is 14.6 Å². The number of sulfone groups is 1. The zero-order valence-corrected chi connectivity index (χ0v) is 21.2. The lowest BCUT2D eigenvalue weighted by Gasteiger charge is -2.36. The second-order valence-electron chi connectivity index (χ2n) is 9.21. The second kappa shape index (κ2) is 10.9.